The number of ether oxygens (including phenoxy) is 3. The van der Waals surface area contributed by atoms with Crippen LogP contribution >= 0.6 is 0 Å². The molecule has 0 saturated heterocycles. The minimum Gasteiger partial charge on any atom is -0.493 e. The zero-order chi connectivity index (χ0) is 21.6. The number of esters is 1. The van der Waals surface area contributed by atoms with E-state index in [9.17, 15) is 14.4 Å². The molecule has 0 heterocycles. The summed E-state index contributed by atoms with van der Waals surface area (Å²) in [5.74, 6) is -0.761. The van der Waals surface area contributed by atoms with Gasteiger partial charge in [-0.3, -0.25) is 9.59 Å². The number of ketones is 1. The van der Waals surface area contributed by atoms with Crippen LogP contribution in [0.1, 0.15) is 41.5 Å². The summed E-state index contributed by atoms with van der Waals surface area (Å²) < 4.78 is 15.7. The van der Waals surface area contributed by atoms with Crippen LogP contribution in [0.4, 0.5) is 5.69 Å². The predicted octanol–water partition coefficient (Wildman–Crippen LogP) is 3.73. The summed E-state index contributed by atoms with van der Waals surface area (Å²) in [6.07, 6.45) is 0. The first-order chi connectivity index (χ1) is 13.7. The first-order valence-corrected chi connectivity index (χ1v) is 9.00. The molecular weight excluding hydrogens is 374 g/mol. The third kappa shape index (κ3) is 5.57. The highest BCUT2D eigenvalue weighted by molar-refractivity contribution is 6.08. The van der Waals surface area contributed by atoms with Crippen molar-refractivity contribution in [2.24, 2.45) is 5.41 Å². The fourth-order valence-electron chi connectivity index (χ4n) is 2.36. The van der Waals surface area contributed by atoms with Gasteiger partial charge >= 0.3 is 5.97 Å². The maximum absolute atomic E-state index is 12.7. The maximum Gasteiger partial charge on any atom is 0.340 e. The van der Waals surface area contributed by atoms with Crippen LogP contribution in [0.25, 0.3) is 0 Å². The second-order valence-electron chi connectivity index (χ2n) is 7.32. The van der Waals surface area contributed by atoms with Gasteiger partial charge in [0.25, 0.3) is 5.91 Å². The number of carbonyl (C=O) groups excluding carboxylic acids is 3. The molecule has 0 aliphatic rings. The van der Waals surface area contributed by atoms with Crippen molar-refractivity contribution >= 4 is 23.3 Å². The van der Waals surface area contributed by atoms with Gasteiger partial charge in [-0.05, 0) is 12.1 Å². The van der Waals surface area contributed by atoms with Crippen LogP contribution in [-0.2, 0) is 9.53 Å². The van der Waals surface area contributed by atoms with E-state index in [1.165, 1.54) is 26.4 Å². The summed E-state index contributed by atoms with van der Waals surface area (Å²) >= 11 is 0. The molecule has 0 atom stereocenters. The second-order valence-corrected chi connectivity index (χ2v) is 7.32. The molecule has 0 aliphatic heterocycles. The number of Topliss-reactive ketones (excluding diaryl/α,β-unsaturated/α-hetero) is 1. The summed E-state index contributed by atoms with van der Waals surface area (Å²) in [5.41, 5.74) is 0.0188. The lowest BCUT2D eigenvalue weighted by Gasteiger charge is -2.18. The minimum atomic E-state index is -0.757. The lowest BCUT2D eigenvalue weighted by Crippen LogP contribution is -2.26. The van der Waals surface area contributed by atoms with Crippen molar-refractivity contribution in [3.8, 4) is 11.5 Å². The predicted molar refractivity (Wildman–Crippen MR) is 109 cm³/mol. The molecule has 2 aromatic carbocycles. The molecular formula is C22H25NO6. The molecule has 2 aromatic rings. The van der Waals surface area contributed by atoms with Crippen LogP contribution in [0.2, 0.25) is 0 Å². The summed E-state index contributed by atoms with van der Waals surface area (Å²) in [7, 11) is 2.87. The Morgan fingerprint density at radius 2 is 1.52 bits per heavy atom. The number of hydrogen-bond donors (Lipinski definition) is 1. The molecule has 0 bridgehead atoms. The van der Waals surface area contributed by atoms with Gasteiger partial charge in [-0.2, -0.15) is 0 Å². The van der Waals surface area contributed by atoms with E-state index in [-0.39, 0.29) is 23.6 Å². The normalized spacial score (nSPS) is 10.8. The molecule has 0 spiro atoms. The lowest BCUT2D eigenvalue weighted by atomic mass is 9.91. The standard InChI is InChI=1S/C22H25NO6/c1-22(2,3)19(24)13-29-21(26)15-11-17(27-4)18(28-5)12-16(15)23-20(25)14-9-7-6-8-10-14/h6-12H,13H2,1-5H3,(H,23,25). The summed E-state index contributed by atoms with van der Waals surface area (Å²) in [6, 6.07) is 11.4. The molecule has 29 heavy (non-hydrogen) atoms. The van der Waals surface area contributed by atoms with Gasteiger partial charge in [-0.25, -0.2) is 4.79 Å². The van der Waals surface area contributed by atoms with Crippen LogP contribution in [-0.4, -0.2) is 38.5 Å². The molecule has 1 amide bonds. The minimum absolute atomic E-state index is 0.0497. The first-order valence-electron chi connectivity index (χ1n) is 9.00. The van der Waals surface area contributed by atoms with E-state index in [1.807, 2.05) is 0 Å². The molecule has 7 nitrogen and oxygen atoms in total. The van der Waals surface area contributed by atoms with Crippen molar-refractivity contribution in [3.63, 3.8) is 0 Å². The van der Waals surface area contributed by atoms with Crippen molar-refractivity contribution in [3.05, 3.63) is 53.6 Å². The number of amides is 1. The van der Waals surface area contributed by atoms with E-state index in [2.05, 4.69) is 5.32 Å². The second kappa shape index (κ2) is 9.23. The van der Waals surface area contributed by atoms with E-state index in [1.54, 1.807) is 51.1 Å². The third-order valence-electron chi connectivity index (χ3n) is 4.20. The molecule has 0 saturated carbocycles. The molecule has 2 rings (SSSR count). The quantitative estimate of drug-likeness (QED) is 0.714. The largest absolute Gasteiger partial charge is 0.493 e. The van der Waals surface area contributed by atoms with Crippen molar-refractivity contribution < 1.29 is 28.6 Å². The SMILES string of the molecule is COc1cc(NC(=O)c2ccccc2)c(C(=O)OCC(=O)C(C)(C)C)cc1OC. The Morgan fingerprint density at radius 3 is 2.07 bits per heavy atom. The van der Waals surface area contributed by atoms with Crippen molar-refractivity contribution in [2.45, 2.75) is 20.8 Å². The molecule has 1 N–H and O–H groups in total. The van der Waals surface area contributed by atoms with E-state index >= 15 is 0 Å². The Labute approximate surface area is 170 Å². The van der Waals surface area contributed by atoms with Crippen LogP contribution < -0.4 is 14.8 Å². The van der Waals surface area contributed by atoms with Gasteiger partial charge in [0.15, 0.2) is 23.9 Å². The van der Waals surface area contributed by atoms with Gasteiger partial charge in [-0.15, -0.1) is 0 Å². The van der Waals surface area contributed by atoms with Crippen LogP contribution in [0.3, 0.4) is 0 Å². The van der Waals surface area contributed by atoms with Crippen molar-refractivity contribution in [2.75, 3.05) is 26.1 Å². The fourth-order valence-corrected chi connectivity index (χ4v) is 2.36. The highest BCUT2D eigenvalue weighted by atomic mass is 16.5. The Morgan fingerprint density at radius 1 is 0.931 bits per heavy atom. The highest BCUT2D eigenvalue weighted by Gasteiger charge is 2.25. The number of rotatable bonds is 7. The summed E-state index contributed by atoms with van der Waals surface area (Å²) in [4.78, 5) is 37.3. The summed E-state index contributed by atoms with van der Waals surface area (Å²) in [5, 5.41) is 2.69. The van der Waals surface area contributed by atoms with Gasteiger partial charge in [0.05, 0.1) is 25.5 Å². The molecule has 0 fully saturated rings. The Hall–Kier alpha value is -3.35. The zero-order valence-corrected chi connectivity index (χ0v) is 17.2. The topological polar surface area (TPSA) is 90.9 Å². The number of anilines is 1. The molecule has 0 unspecified atom stereocenters. The Kier molecular flexibility index (Phi) is 6.98. The highest BCUT2D eigenvalue weighted by Crippen LogP contribution is 2.34. The van der Waals surface area contributed by atoms with Crippen molar-refractivity contribution in [1.29, 1.82) is 0 Å². The van der Waals surface area contributed by atoms with Crippen LogP contribution in [0.15, 0.2) is 42.5 Å². The number of methoxy groups -OCH3 is 2. The molecule has 0 aromatic heterocycles. The first kappa shape index (κ1) is 21.9. The molecule has 0 aliphatic carbocycles. The van der Waals surface area contributed by atoms with E-state index in [0.29, 0.717) is 17.1 Å². The zero-order valence-electron chi connectivity index (χ0n) is 17.2. The van der Waals surface area contributed by atoms with Gasteiger partial charge in [0.2, 0.25) is 0 Å². The Balaban J connectivity index is 2.34. The smallest absolute Gasteiger partial charge is 0.340 e. The fraction of sp³-hybridized carbons (Fsp3) is 0.318. The van der Waals surface area contributed by atoms with E-state index < -0.39 is 17.3 Å². The van der Waals surface area contributed by atoms with E-state index in [0.717, 1.165) is 0 Å². The van der Waals surface area contributed by atoms with E-state index in [4.69, 9.17) is 14.2 Å². The molecule has 154 valence electrons. The third-order valence-corrected chi connectivity index (χ3v) is 4.20. The number of nitrogens with one attached hydrogen (secondary N) is 1. The van der Waals surface area contributed by atoms with Gasteiger partial charge in [-0.1, -0.05) is 39.0 Å². The molecule has 0 radical (unpaired) electrons. The summed E-state index contributed by atoms with van der Waals surface area (Å²) in [6.45, 7) is 4.85. The van der Waals surface area contributed by atoms with Crippen LogP contribution in [0, 0.1) is 5.41 Å². The maximum atomic E-state index is 12.7. The van der Waals surface area contributed by atoms with Gasteiger partial charge < -0.3 is 19.5 Å². The number of benzene rings is 2. The number of carbonyl (C=O) groups is 3. The average Bonchev–Trinajstić information content (AvgIpc) is 2.71. The van der Waals surface area contributed by atoms with Gasteiger partial charge in [0, 0.05) is 23.1 Å². The Bertz CT molecular complexity index is 900. The monoisotopic (exact) mass is 399 g/mol. The van der Waals surface area contributed by atoms with Crippen molar-refractivity contribution in [1.82, 2.24) is 0 Å². The van der Waals surface area contributed by atoms with Crippen LogP contribution in [0.5, 0.6) is 11.5 Å². The van der Waals surface area contributed by atoms with Gasteiger partial charge in [0.1, 0.15) is 0 Å². The number of hydrogen-bond acceptors (Lipinski definition) is 6. The average molecular weight is 399 g/mol. The molecule has 7 heteroatoms. The lowest BCUT2D eigenvalue weighted by molar-refractivity contribution is -0.129.